The summed E-state index contributed by atoms with van der Waals surface area (Å²) in [5.74, 6) is 1.86. The molecule has 1 saturated heterocycles. The molecule has 1 aliphatic carbocycles. The molecule has 2 heterocycles. The molecule has 2 aliphatic rings. The van der Waals surface area contributed by atoms with Gasteiger partial charge in [0.1, 0.15) is 5.82 Å². The average molecular weight is 546 g/mol. The van der Waals surface area contributed by atoms with Gasteiger partial charge in [0, 0.05) is 39.0 Å². The zero-order valence-electron chi connectivity index (χ0n) is 19.1. The molecule has 2 N–H and O–H groups in total. The van der Waals surface area contributed by atoms with Crippen molar-refractivity contribution in [1.29, 1.82) is 0 Å². The summed E-state index contributed by atoms with van der Waals surface area (Å²) in [5.41, 5.74) is 1.11. The number of guanidine groups is 1. The molecular formula is C23H40IN5O2. The van der Waals surface area contributed by atoms with Gasteiger partial charge in [-0.25, -0.2) is 9.98 Å². The summed E-state index contributed by atoms with van der Waals surface area (Å²) in [5, 5.41) is 6.73. The number of halogens is 1. The van der Waals surface area contributed by atoms with Crippen LogP contribution in [0, 0.1) is 0 Å². The first-order valence-electron chi connectivity index (χ1n) is 11.7. The maximum Gasteiger partial charge on any atom is 0.191 e. The molecule has 1 aromatic rings. The van der Waals surface area contributed by atoms with Crippen LogP contribution in [0.4, 0.5) is 5.82 Å². The summed E-state index contributed by atoms with van der Waals surface area (Å²) in [4.78, 5) is 11.6. The first-order valence-corrected chi connectivity index (χ1v) is 11.7. The minimum absolute atomic E-state index is 0. The van der Waals surface area contributed by atoms with Crippen LogP contribution in [-0.2, 0) is 16.0 Å². The molecule has 0 radical (unpaired) electrons. The molecule has 1 saturated carbocycles. The number of ether oxygens (including phenoxy) is 2. The molecule has 2 fully saturated rings. The van der Waals surface area contributed by atoms with E-state index in [1.165, 1.54) is 32.1 Å². The SMILES string of the molecule is CCNC(=NCc1ccc(N2CCOC(C)C2)nc1)NCCCOC1CCCCC1.I. The Hall–Kier alpha value is -1.13. The van der Waals surface area contributed by atoms with Gasteiger partial charge >= 0.3 is 0 Å². The quantitative estimate of drug-likeness (QED) is 0.214. The van der Waals surface area contributed by atoms with Crippen LogP contribution in [0.25, 0.3) is 0 Å². The van der Waals surface area contributed by atoms with E-state index in [-0.39, 0.29) is 30.1 Å². The number of hydrogen-bond donors (Lipinski definition) is 2. The number of aliphatic imine (C=N–C) groups is 1. The predicted octanol–water partition coefficient (Wildman–Crippen LogP) is 3.72. The summed E-state index contributed by atoms with van der Waals surface area (Å²) in [6, 6.07) is 4.21. The van der Waals surface area contributed by atoms with E-state index in [1.54, 1.807) is 0 Å². The molecule has 7 nitrogen and oxygen atoms in total. The Morgan fingerprint density at radius 2 is 2.10 bits per heavy atom. The molecule has 3 rings (SSSR count). The van der Waals surface area contributed by atoms with Crippen molar-refractivity contribution in [2.24, 2.45) is 4.99 Å². The van der Waals surface area contributed by atoms with Crippen molar-refractivity contribution in [3.05, 3.63) is 23.9 Å². The standard InChI is InChI=1S/C23H39N5O2.HI/c1-3-24-23(25-12-7-14-30-21-8-5-4-6-9-21)27-17-20-10-11-22(26-16-20)28-13-15-29-19(2)18-28;/h10-11,16,19,21H,3-9,12-15,17-18H2,1-2H3,(H2,24,25,27);1H. The molecule has 1 aliphatic heterocycles. The molecule has 0 aromatic carbocycles. The molecule has 0 spiro atoms. The van der Waals surface area contributed by atoms with E-state index in [4.69, 9.17) is 14.5 Å². The smallest absolute Gasteiger partial charge is 0.191 e. The van der Waals surface area contributed by atoms with Crippen molar-refractivity contribution >= 4 is 35.8 Å². The van der Waals surface area contributed by atoms with Crippen molar-refractivity contribution in [3.63, 3.8) is 0 Å². The Kier molecular flexibility index (Phi) is 12.5. The number of nitrogens with one attached hydrogen (secondary N) is 2. The van der Waals surface area contributed by atoms with Crippen molar-refractivity contribution in [3.8, 4) is 0 Å². The summed E-state index contributed by atoms with van der Waals surface area (Å²) in [6.07, 6.45) is 10.1. The number of anilines is 1. The largest absolute Gasteiger partial charge is 0.378 e. The Balaban J connectivity index is 0.00000341. The van der Waals surface area contributed by atoms with Gasteiger partial charge in [-0.05, 0) is 44.7 Å². The lowest BCUT2D eigenvalue weighted by molar-refractivity contribution is 0.0277. The van der Waals surface area contributed by atoms with E-state index in [0.717, 1.165) is 63.2 Å². The number of morpholine rings is 1. The molecule has 0 bridgehead atoms. The number of aromatic nitrogens is 1. The van der Waals surface area contributed by atoms with Gasteiger partial charge in [0.15, 0.2) is 5.96 Å². The van der Waals surface area contributed by atoms with Gasteiger partial charge < -0.3 is 25.0 Å². The van der Waals surface area contributed by atoms with Crippen LogP contribution < -0.4 is 15.5 Å². The third-order valence-corrected chi connectivity index (χ3v) is 5.66. The van der Waals surface area contributed by atoms with Crippen LogP contribution in [0.5, 0.6) is 0 Å². The van der Waals surface area contributed by atoms with Gasteiger partial charge in [-0.1, -0.05) is 25.3 Å². The highest BCUT2D eigenvalue weighted by molar-refractivity contribution is 14.0. The maximum absolute atomic E-state index is 6.00. The van der Waals surface area contributed by atoms with Gasteiger partial charge in [-0.3, -0.25) is 0 Å². The van der Waals surface area contributed by atoms with Crippen LogP contribution >= 0.6 is 24.0 Å². The molecule has 176 valence electrons. The second-order valence-corrected chi connectivity index (χ2v) is 8.26. The van der Waals surface area contributed by atoms with Gasteiger partial charge in [0.2, 0.25) is 0 Å². The van der Waals surface area contributed by atoms with Crippen molar-refractivity contribution in [1.82, 2.24) is 15.6 Å². The summed E-state index contributed by atoms with van der Waals surface area (Å²) >= 11 is 0. The predicted molar refractivity (Wildman–Crippen MR) is 138 cm³/mol. The molecular weight excluding hydrogens is 505 g/mol. The second-order valence-electron chi connectivity index (χ2n) is 8.26. The first kappa shape index (κ1) is 26.1. The highest BCUT2D eigenvalue weighted by Crippen LogP contribution is 2.20. The lowest BCUT2D eigenvalue weighted by atomic mass is 9.98. The Bertz CT molecular complexity index is 637. The highest BCUT2D eigenvalue weighted by Gasteiger charge is 2.17. The monoisotopic (exact) mass is 545 g/mol. The molecule has 0 amide bonds. The first-order chi connectivity index (χ1) is 14.7. The zero-order chi connectivity index (χ0) is 21.0. The molecule has 1 aromatic heterocycles. The summed E-state index contributed by atoms with van der Waals surface area (Å²) in [7, 11) is 0. The van der Waals surface area contributed by atoms with Gasteiger partial charge in [-0.15, -0.1) is 24.0 Å². The minimum Gasteiger partial charge on any atom is -0.378 e. The Morgan fingerprint density at radius 1 is 1.26 bits per heavy atom. The summed E-state index contributed by atoms with van der Waals surface area (Å²) in [6.45, 7) is 9.89. The minimum atomic E-state index is 0. The fourth-order valence-electron chi connectivity index (χ4n) is 4.00. The number of nitrogens with zero attached hydrogens (tertiary/aromatic N) is 3. The van der Waals surface area contributed by atoms with Crippen LogP contribution in [0.1, 0.15) is 57.9 Å². The van der Waals surface area contributed by atoms with E-state index in [9.17, 15) is 0 Å². The normalized spacial score (nSPS) is 20.3. The van der Waals surface area contributed by atoms with Crippen molar-refractivity contribution in [2.45, 2.75) is 71.1 Å². The zero-order valence-corrected chi connectivity index (χ0v) is 21.5. The lowest BCUT2D eigenvalue weighted by Gasteiger charge is -2.32. The summed E-state index contributed by atoms with van der Waals surface area (Å²) < 4.78 is 11.6. The number of rotatable bonds is 9. The van der Waals surface area contributed by atoms with Crippen LogP contribution in [0.15, 0.2) is 23.3 Å². The van der Waals surface area contributed by atoms with Crippen LogP contribution in [-0.4, -0.2) is 62.5 Å². The van der Waals surface area contributed by atoms with Crippen LogP contribution in [0.2, 0.25) is 0 Å². The third-order valence-electron chi connectivity index (χ3n) is 5.66. The lowest BCUT2D eigenvalue weighted by Crippen LogP contribution is -2.41. The van der Waals surface area contributed by atoms with E-state index in [0.29, 0.717) is 12.6 Å². The van der Waals surface area contributed by atoms with Crippen molar-refractivity contribution < 1.29 is 9.47 Å². The van der Waals surface area contributed by atoms with Gasteiger partial charge in [-0.2, -0.15) is 0 Å². The van der Waals surface area contributed by atoms with E-state index >= 15 is 0 Å². The van der Waals surface area contributed by atoms with Gasteiger partial charge in [0.25, 0.3) is 0 Å². The Morgan fingerprint density at radius 3 is 2.81 bits per heavy atom. The van der Waals surface area contributed by atoms with Crippen LogP contribution in [0.3, 0.4) is 0 Å². The highest BCUT2D eigenvalue weighted by atomic mass is 127. The van der Waals surface area contributed by atoms with E-state index in [2.05, 4.69) is 46.5 Å². The maximum atomic E-state index is 6.00. The topological polar surface area (TPSA) is 71.0 Å². The number of hydrogen-bond acceptors (Lipinski definition) is 5. The van der Waals surface area contributed by atoms with Gasteiger partial charge in [0.05, 0.1) is 25.4 Å². The van der Waals surface area contributed by atoms with Crippen molar-refractivity contribution in [2.75, 3.05) is 44.3 Å². The third kappa shape index (κ3) is 9.49. The molecule has 1 atom stereocenters. The fraction of sp³-hybridized carbons (Fsp3) is 0.739. The molecule has 31 heavy (non-hydrogen) atoms. The Labute approximate surface area is 204 Å². The average Bonchev–Trinajstić information content (AvgIpc) is 2.78. The molecule has 1 unspecified atom stereocenters. The number of pyridine rings is 1. The second kappa shape index (κ2) is 14.8. The van der Waals surface area contributed by atoms with E-state index < -0.39 is 0 Å². The molecule has 8 heteroatoms. The fourth-order valence-corrected chi connectivity index (χ4v) is 4.00. The van der Waals surface area contributed by atoms with E-state index in [1.807, 2.05) is 6.20 Å².